The summed E-state index contributed by atoms with van der Waals surface area (Å²) in [5.41, 5.74) is 2.25. The second kappa shape index (κ2) is 3.68. The molecule has 0 fully saturated rings. The first-order valence-corrected chi connectivity index (χ1v) is 3.60. The second-order valence-electron chi connectivity index (χ2n) is 2.28. The average molecular weight is 171 g/mol. The summed E-state index contributed by atoms with van der Waals surface area (Å²) in [7, 11) is 0. The molecule has 0 saturated carbocycles. The van der Waals surface area contributed by atoms with Gasteiger partial charge in [0.1, 0.15) is 0 Å². The zero-order chi connectivity index (χ0) is 6.97. The normalized spacial score (nSPS) is 12.4. The second-order valence-corrected chi connectivity index (χ2v) is 2.72. The number of rotatable bonds is 0. The fraction of sp³-hybridized carbons (Fsp3) is 0.125. The minimum atomic E-state index is 0. The number of hydrogen-bond acceptors (Lipinski definition) is 2. The number of aromatic nitrogens is 1. The molecule has 0 unspecified atom stereocenters. The maximum Gasteiger partial charge on any atom is 1.00 e. The fourth-order valence-corrected chi connectivity index (χ4v) is 1.37. The van der Waals surface area contributed by atoms with E-state index in [1.165, 1.54) is 0 Å². The molecule has 1 aliphatic rings. The van der Waals surface area contributed by atoms with Gasteiger partial charge in [-0.2, -0.15) is 4.90 Å². The van der Waals surface area contributed by atoms with Crippen molar-refractivity contribution in [3.63, 3.8) is 0 Å². The Balaban J connectivity index is 0.000000605. The zero-order valence-corrected chi connectivity index (χ0v) is 9.19. The summed E-state index contributed by atoms with van der Waals surface area (Å²) in [5.74, 6) is 0. The van der Waals surface area contributed by atoms with Gasteiger partial charge in [0, 0.05) is 18.3 Å². The van der Waals surface area contributed by atoms with E-state index >= 15 is 0 Å². The molecule has 0 N–H and O–H groups in total. The molecule has 0 aromatic carbocycles. The van der Waals surface area contributed by atoms with Crippen LogP contribution in [0.3, 0.4) is 0 Å². The first-order valence-electron chi connectivity index (χ1n) is 3.19. The van der Waals surface area contributed by atoms with E-state index in [9.17, 15) is 0 Å². The van der Waals surface area contributed by atoms with Crippen molar-refractivity contribution in [2.75, 3.05) is 0 Å². The van der Waals surface area contributed by atoms with E-state index in [1.54, 1.807) is 6.20 Å². The van der Waals surface area contributed by atoms with Crippen LogP contribution in [0.2, 0.25) is 0 Å². The minimum Gasteiger partial charge on any atom is -0.779 e. The van der Waals surface area contributed by atoms with Crippen molar-refractivity contribution in [2.24, 2.45) is 0 Å². The van der Waals surface area contributed by atoms with Crippen molar-refractivity contribution >= 4 is 18.7 Å². The van der Waals surface area contributed by atoms with Gasteiger partial charge in [0.15, 0.2) is 0 Å². The molecule has 1 aliphatic carbocycles. The molecule has 1 aromatic rings. The van der Waals surface area contributed by atoms with E-state index < -0.39 is 0 Å². The Kier molecular flexibility index (Phi) is 3.07. The van der Waals surface area contributed by atoms with Crippen LogP contribution in [0, 0.1) is 0 Å². The summed E-state index contributed by atoms with van der Waals surface area (Å²) in [5, 5.41) is 0. The van der Waals surface area contributed by atoms with Crippen molar-refractivity contribution in [1.82, 2.24) is 4.98 Å². The number of fused-ring (bicyclic) bond motifs is 1. The van der Waals surface area contributed by atoms with Gasteiger partial charge in [-0.05, 0) is 5.56 Å². The smallest absolute Gasteiger partial charge is 0.779 e. The third kappa shape index (κ3) is 1.64. The Hall–Kier alpha value is 0.110. The van der Waals surface area contributed by atoms with Crippen LogP contribution in [0.15, 0.2) is 23.2 Å². The van der Waals surface area contributed by atoms with Crippen molar-refractivity contribution in [3.05, 3.63) is 29.6 Å². The topological polar surface area (TPSA) is 12.9 Å². The first-order chi connectivity index (χ1) is 4.88. The van der Waals surface area contributed by atoms with Gasteiger partial charge in [-0.15, -0.1) is 0 Å². The molecule has 50 valence electrons. The molecule has 0 radical (unpaired) electrons. The molecule has 11 heavy (non-hydrogen) atoms. The van der Waals surface area contributed by atoms with Crippen LogP contribution in [0.4, 0.5) is 0 Å². The molecule has 0 bridgehead atoms. The maximum atomic E-state index is 5.09. The van der Waals surface area contributed by atoms with Gasteiger partial charge in [-0.1, -0.05) is 18.2 Å². The molecule has 1 nitrogen and oxygen atoms in total. The van der Waals surface area contributed by atoms with Gasteiger partial charge in [0.2, 0.25) is 0 Å². The predicted octanol–water partition coefficient (Wildman–Crippen LogP) is -1.44. The molecule has 0 aliphatic heterocycles. The van der Waals surface area contributed by atoms with Gasteiger partial charge < -0.3 is 12.6 Å². The van der Waals surface area contributed by atoms with Crippen LogP contribution >= 0.6 is 0 Å². The maximum absolute atomic E-state index is 5.09. The minimum absolute atomic E-state index is 0. The molecular weight excluding hydrogens is 165 g/mol. The SMILES string of the molecule is [Na+].[S-]c1ccnc2c1C=CC2. The molecule has 0 saturated heterocycles. The van der Waals surface area contributed by atoms with Crippen molar-refractivity contribution in [3.8, 4) is 0 Å². The van der Waals surface area contributed by atoms with Crippen LogP contribution in [0.5, 0.6) is 0 Å². The van der Waals surface area contributed by atoms with E-state index in [-0.39, 0.29) is 29.6 Å². The number of pyridine rings is 1. The van der Waals surface area contributed by atoms with Gasteiger partial charge in [0.25, 0.3) is 0 Å². The predicted molar refractivity (Wildman–Crippen MR) is 42.6 cm³/mol. The van der Waals surface area contributed by atoms with Crippen molar-refractivity contribution in [1.29, 1.82) is 0 Å². The molecule has 0 atom stereocenters. The van der Waals surface area contributed by atoms with Crippen LogP contribution in [-0.4, -0.2) is 4.98 Å². The molecule has 2 rings (SSSR count). The Labute approximate surface area is 93.6 Å². The molecule has 0 amide bonds. The first kappa shape index (κ1) is 9.20. The monoisotopic (exact) mass is 171 g/mol. The van der Waals surface area contributed by atoms with E-state index in [1.807, 2.05) is 12.1 Å². The van der Waals surface area contributed by atoms with Crippen molar-refractivity contribution < 1.29 is 29.6 Å². The van der Waals surface area contributed by atoms with Gasteiger partial charge in [-0.25, -0.2) is 0 Å². The summed E-state index contributed by atoms with van der Waals surface area (Å²) in [6.45, 7) is 0. The van der Waals surface area contributed by atoms with Gasteiger partial charge >= 0.3 is 29.6 Å². The van der Waals surface area contributed by atoms with Crippen LogP contribution in [0.1, 0.15) is 11.3 Å². The van der Waals surface area contributed by atoms with E-state index in [2.05, 4.69) is 11.1 Å². The Morgan fingerprint density at radius 1 is 1.45 bits per heavy atom. The zero-order valence-electron chi connectivity index (χ0n) is 6.37. The largest absolute Gasteiger partial charge is 1.00 e. The third-order valence-corrected chi connectivity index (χ3v) is 1.98. The van der Waals surface area contributed by atoms with Crippen LogP contribution < -0.4 is 29.6 Å². The molecule has 0 spiro atoms. The van der Waals surface area contributed by atoms with E-state index in [0.29, 0.717) is 0 Å². The Morgan fingerprint density at radius 3 is 3.00 bits per heavy atom. The van der Waals surface area contributed by atoms with Crippen molar-refractivity contribution in [2.45, 2.75) is 11.3 Å². The number of hydrogen-bond donors (Lipinski definition) is 0. The third-order valence-electron chi connectivity index (χ3n) is 1.63. The quantitative estimate of drug-likeness (QED) is 0.350. The molecule has 1 aromatic heterocycles. The number of allylic oxidation sites excluding steroid dienone is 1. The summed E-state index contributed by atoms with van der Waals surface area (Å²) < 4.78 is 0. The average Bonchev–Trinajstić information content (AvgIpc) is 2.36. The standard InChI is InChI=1S/C8H7NS.Na/c10-8-4-5-9-7-3-1-2-6(7)8;/h1-2,4-5H,3H2,(H,9,10);/q;+1/p-1. The van der Waals surface area contributed by atoms with Crippen LogP contribution in [0.25, 0.3) is 6.08 Å². The molecule has 1 heterocycles. The van der Waals surface area contributed by atoms with Gasteiger partial charge in [0.05, 0.1) is 0 Å². The summed E-state index contributed by atoms with van der Waals surface area (Å²) in [6.07, 6.45) is 6.85. The number of nitrogens with zero attached hydrogens (tertiary/aromatic N) is 1. The van der Waals surface area contributed by atoms with Gasteiger partial charge in [-0.3, -0.25) is 4.98 Å². The Bertz CT molecular complexity index is 296. The Morgan fingerprint density at radius 2 is 2.27 bits per heavy atom. The summed E-state index contributed by atoms with van der Waals surface area (Å²) >= 11 is 5.09. The summed E-state index contributed by atoms with van der Waals surface area (Å²) in [4.78, 5) is 5.11. The molecule has 3 heteroatoms. The van der Waals surface area contributed by atoms with E-state index in [0.717, 1.165) is 22.6 Å². The van der Waals surface area contributed by atoms with E-state index in [4.69, 9.17) is 12.6 Å². The summed E-state index contributed by atoms with van der Waals surface area (Å²) in [6, 6.07) is 1.86. The van der Waals surface area contributed by atoms with Crippen LogP contribution in [-0.2, 0) is 19.0 Å². The fourth-order valence-electron chi connectivity index (χ4n) is 1.13. The molecular formula is C8H6NNaS.